The van der Waals surface area contributed by atoms with Gasteiger partial charge in [-0.25, -0.2) is 0 Å². The van der Waals surface area contributed by atoms with E-state index in [2.05, 4.69) is 5.43 Å². The summed E-state index contributed by atoms with van der Waals surface area (Å²) in [6.07, 6.45) is 0. The number of hydrogen-bond donors (Lipinski definition) is 2. The van der Waals surface area contributed by atoms with Crippen LogP contribution in [-0.4, -0.2) is 0 Å². The van der Waals surface area contributed by atoms with E-state index in [0.29, 0.717) is 15.7 Å². The molecule has 0 heterocycles. The lowest BCUT2D eigenvalue weighted by Crippen LogP contribution is -2.06. The first-order valence-corrected chi connectivity index (χ1v) is 3.41. The minimum atomic E-state index is 0. The molecule has 1 aromatic rings. The van der Waals surface area contributed by atoms with Gasteiger partial charge in [0.05, 0.1) is 10.7 Å². The minimum absolute atomic E-state index is 0. The average Bonchev–Trinajstić information content (AvgIpc) is 1.88. The Labute approximate surface area is 76.3 Å². The molecule has 0 saturated heterocycles. The molecular formula is C7H10Cl2N2. The summed E-state index contributed by atoms with van der Waals surface area (Å²) in [4.78, 5) is 0. The fraction of sp³-hybridized carbons (Fsp3) is 0.143. The van der Waals surface area contributed by atoms with Gasteiger partial charge in [0, 0.05) is 5.02 Å². The molecule has 0 radical (unpaired) electrons. The van der Waals surface area contributed by atoms with E-state index < -0.39 is 0 Å². The maximum Gasteiger partial charge on any atom is 0.0672 e. The van der Waals surface area contributed by atoms with Crippen LogP contribution in [0.25, 0.3) is 0 Å². The summed E-state index contributed by atoms with van der Waals surface area (Å²) in [5, 5.41) is 1.12. The number of hydrogen-bond acceptors (Lipinski definition) is 2. The third-order valence-corrected chi connectivity index (χ3v) is 1.63. The number of hydrazine groups is 1. The Kier molecular flexibility index (Phi) is 4.26. The van der Waals surface area contributed by atoms with Gasteiger partial charge in [-0.15, -0.1) is 0 Å². The number of nitrogens with one attached hydrogen (secondary N) is 1. The molecule has 0 aliphatic rings. The van der Waals surface area contributed by atoms with Gasteiger partial charge >= 0.3 is 0 Å². The molecule has 0 bridgehead atoms. The third kappa shape index (κ3) is 2.58. The van der Waals surface area contributed by atoms with Crippen LogP contribution in [0, 0.1) is 0 Å². The Balaban J connectivity index is 0.000001000. The Bertz CT molecular complexity index is 238. The first-order valence-electron chi connectivity index (χ1n) is 2.65. The van der Waals surface area contributed by atoms with Gasteiger partial charge in [0.25, 0.3) is 0 Å². The molecule has 0 aliphatic heterocycles. The molecule has 0 unspecified atom stereocenters. The molecule has 1 aromatic carbocycles. The molecular weight excluding hydrogens is 183 g/mol. The highest BCUT2D eigenvalue weighted by molar-refractivity contribution is 6.36. The minimum Gasteiger partial charge on any atom is -0.323 e. The van der Waals surface area contributed by atoms with Crippen molar-refractivity contribution in [3.8, 4) is 0 Å². The molecule has 0 saturated carbocycles. The number of anilines is 1. The van der Waals surface area contributed by atoms with Gasteiger partial charge in [-0.1, -0.05) is 30.6 Å². The molecule has 62 valence electrons. The zero-order valence-electron chi connectivity index (χ0n) is 5.07. The highest BCUT2D eigenvalue weighted by Gasteiger charge is 1.96. The Morgan fingerprint density at radius 3 is 2.36 bits per heavy atom. The summed E-state index contributed by atoms with van der Waals surface area (Å²) in [7, 11) is 0. The second kappa shape index (κ2) is 4.44. The van der Waals surface area contributed by atoms with E-state index in [4.69, 9.17) is 29.0 Å². The van der Waals surface area contributed by atoms with Crippen LogP contribution in [0.5, 0.6) is 0 Å². The molecule has 2 nitrogen and oxygen atoms in total. The summed E-state index contributed by atoms with van der Waals surface area (Å²) in [6.45, 7) is 0. The van der Waals surface area contributed by atoms with E-state index in [1.807, 2.05) is 0 Å². The molecule has 3 N–H and O–H groups in total. The largest absolute Gasteiger partial charge is 0.323 e. The van der Waals surface area contributed by atoms with E-state index in [9.17, 15) is 0 Å². The SMILES string of the molecule is C.NNc1ccc(Cl)cc1Cl. The van der Waals surface area contributed by atoms with E-state index >= 15 is 0 Å². The maximum absolute atomic E-state index is 5.70. The lowest BCUT2D eigenvalue weighted by molar-refractivity contribution is 1.35. The van der Waals surface area contributed by atoms with Crippen LogP contribution in [0.15, 0.2) is 18.2 Å². The zero-order valence-corrected chi connectivity index (χ0v) is 6.58. The second-order valence-corrected chi connectivity index (χ2v) is 2.61. The normalized spacial score (nSPS) is 8.64. The summed E-state index contributed by atoms with van der Waals surface area (Å²) in [6, 6.07) is 5.05. The van der Waals surface area contributed by atoms with Crippen molar-refractivity contribution in [3.05, 3.63) is 28.2 Å². The standard InChI is InChI=1S/C6H6Cl2N2.CH4/c7-4-1-2-6(10-9)5(8)3-4;/h1-3,10H,9H2;1H4. The van der Waals surface area contributed by atoms with Gasteiger partial charge in [0.2, 0.25) is 0 Å². The first kappa shape index (κ1) is 10.6. The Hall–Kier alpha value is -0.440. The molecule has 0 atom stereocenters. The van der Waals surface area contributed by atoms with Crippen LogP contribution >= 0.6 is 23.2 Å². The first-order chi connectivity index (χ1) is 4.74. The van der Waals surface area contributed by atoms with E-state index in [1.165, 1.54) is 0 Å². The second-order valence-electron chi connectivity index (χ2n) is 1.77. The molecule has 11 heavy (non-hydrogen) atoms. The van der Waals surface area contributed by atoms with Crippen LogP contribution < -0.4 is 11.3 Å². The topological polar surface area (TPSA) is 38.0 Å². The molecule has 0 aromatic heterocycles. The number of nitrogen functional groups attached to an aromatic ring is 1. The monoisotopic (exact) mass is 192 g/mol. The summed E-state index contributed by atoms with van der Waals surface area (Å²) < 4.78 is 0. The average molecular weight is 193 g/mol. The van der Waals surface area contributed by atoms with E-state index in [-0.39, 0.29) is 7.43 Å². The van der Waals surface area contributed by atoms with Gasteiger partial charge in [-0.2, -0.15) is 0 Å². The van der Waals surface area contributed by atoms with Gasteiger partial charge in [0.1, 0.15) is 0 Å². The van der Waals surface area contributed by atoms with Gasteiger partial charge in [-0.3, -0.25) is 5.84 Å². The smallest absolute Gasteiger partial charge is 0.0672 e. The Morgan fingerprint density at radius 1 is 1.27 bits per heavy atom. The number of nitrogens with two attached hydrogens (primary N) is 1. The van der Waals surface area contributed by atoms with Crippen molar-refractivity contribution in [1.29, 1.82) is 0 Å². The van der Waals surface area contributed by atoms with Crippen LogP contribution in [0.1, 0.15) is 7.43 Å². The highest BCUT2D eigenvalue weighted by Crippen LogP contribution is 2.23. The van der Waals surface area contributed by atoms with Gasteiger partial charge in [-0.05, 0) is 18.2 Å². The lowest BCUT2D eigenvalue weighted by atomic mass is 10.3. The quantitative estimate of drug-likeness (QED) is 0.531. The van der Waals surface area contributed by atoms with Gasteiger partial charge in [0.15, 0.2) is 0 Å². The van der Waals surface area contributed by atoms with Crippen molar-refractivity contribution in [3.63, 3.8) is 0 Å². The number of benzene rings is 1. The third-order valence-electron chi connectivity index (χ3n) is 1.09. The van der Waals surface area contributed by atoms with Crippen molar-refractivity contribution >= 4 is 28.9 Å². The van der Waals surface area contributed by atoms with Crippen molar-refractivity contribution in [1.82, 2.24) is 0 Å². The molecule has 0 fully saturated rings. The van der Waals surface area contributed by atoms with Gasteiger partial charge < -0.3 is 5.43 Å². The van der Waals surface area contributed by atoms with Crippen LogP contribution in [0.2, 0.25) is 10.0 Å². The maximum atomic E-state index is 5.70. The molecule has 0 aliphatic carbocycles. The van der Waals surface area contributed by atoms with Crippen molar-refractivity contribution in [2.75, 3.05) is 5.43 Å². The molecule has 1 rings (SSSR count). The van der Waals surface area contributed by atoms with Crippen LogP contribution in [0.4, 0.5) is 5.69 Å². The molecule has 0 spiro atoms. The molecule has 0 amide bonds. The van der Waals surface area contributed by atoms with Crippen molar-refractivity contribution < 1.29 is 0 Å². The van der Waals surface area contributed by atoms with E-state index in [0.717, 1.165) is 0 Å². The van der Waals surface area contributed by atoms with Crippen molar-refractivity contribution in [2.45, 2.75) is 7.43 Å². The fourth-order valence-corrected chi connectivity index (χ4v) is 1.07. The zero-order chi connectivity index (χ0) is 7.56. The fourth-order valence-electron chi connectivity index (χ4n) is 0.607. The summed E-state index contributed by atoms with van der Waals surface area (Å²) in [5.74, 6) is 5.12. The Morgan fingerprint density at radius 2 is 1.91 bits per heavy atom. The highest BCUT2D eigenvalue weighted by atomic mass is 35.5. The predicted molar refractivity (Wildman–Crippen MR) is 51.0 cm³/mol. The van der Waals surface area contributed by atoms with Crippen LogP contribution in [-0.2, 0) is 0 Å². The summed E-state index contributed by atoms with van der Waals surface area (Å²) in [5.41, 5.74) is 3.10. The van der Waals surface area contributed by atoms with Crippen molar-refractivity contribution in [2.24, 2.45) is 5.84 Å². The predicted octanol–water partition coefficient (Wildman–Crippen LogP) is 2.92. The summed E-state index contributed by atoms with van der Waals surface area (Å²) >= 11 is 11.3. The lowest BCUT2D eigenvalue weighted by Gasteiger charge is -2.01. The van der Waals surface area contributed by atoms with Crippen LogP contribution in [0.3, 0.4) is 0 Å². The number of rotatable bonds is 1. The van der Waals surface area contributed by atoms with E-state index in [1.54, 1.807) is 18.2 Å². The molecule has 4 heteroatoms. The number of halogens is 2.